The molecule has 0 heterocycles. The molecular formula is C45H36N2. The van der Waals surface area contributed by atoms with Gasteiger partial charge in [-0.1, -0.05) is 140 Å². The van der Waals surface area contributed by atoms with Crippen LogP contribution in [0, 0.1) is 0 Å². The molecule has 0 bridgehead atoms. The molecule has 0 amide bonds. The summed E-state index contributed by atoms with van der Waals surface area (Å²) in [6.07, 6.45) is 6.29. The molecule has 0 spiro atoms. The second-order valence-electron chi connectivity index (χ2n) is 11.5. The van der Waals surface area contributed by atoms with Gasteiger partial charge in [0.25, 0.3) is 0 Å². The molecule has 2 heteroatoms. The molecule has 0 aromatic heterocycles. The van der Waals surface area contributed by atoms with E-state index in [4.69, 9.17) is 0 Å². The molecule has 0 aliphatic rings. The fourth-order valence-corrected chi connectivity index (χ4v) is 6.29. The average molecular weight is 605 g/mol. The van der Waals surface area contributed by atoms with Crippen LogP contribution in [0.15, 0.2) is 200 Å². The molecule has 0 unspecified atom stereocenters. The van der Waals surface area contributed by atoms with Crippen LogP contribution in [-0.2, 0) is 0 Å². The summed E-state index contributed by atoms with van der Waals surface area (Å²) in [5.41, 5.74) is 8.89. The van der Waals surface area contributed by atoms with E-state index in [1.165, 1.54) is 21.5 Å². The van der Waals surface area contributed by atoms with Crippen LogP contribution in [0.1, 0.15) is 12.5 Å². The first kappa shape index (κ1) is 29.6. The van der Waals surface area contributed by atoms with Gasteiger partial charge in [0.2, 0.25) is 0 Å². The Morgan fingerprint density at radius 1 is 0.468 bits per heavy atom. The van der Waals surface area contributed by atoms with E-state index >= 15 is 0 Å². The van der Waals surface area contributed by atoms with E-state index in [-0.39, 0.29) is 0 Å². The second-order valence-corrected chi connectivity index (χ2v) is 11.5. The Balaban J connectivity index is 1.26. The first-order valence-electron chi connectivity index (χ1n) is 16.0. The number of hydrogen-bond acceptors (Lipinski definition) is 2. The van der Waals surface area contributed by atoms with Crippen molar-refractivity contribution in [3.63, 3.8) is 0 Å². The lowest BCUT2D eigenvalue weighted by atomic mass is 10.0. The van der Waals surface area contributed by atoms with E-state index in [1.807, 2.05) is 6.08 Å². The minimum absolute atomic E-state index is 1.05. The summed E-state index contributed by atoms with van der Waals surface area (Å²) in [5.74, 6) is 0. The smallest absolute Gasteiger partial charge is 0.0540 e. The number of rotatable bonds is 9. The van der Waals surface area contributed by atoms with Crippen molar-refractivity contribution < 1.29 is 0 Å². The van der Waals surface area contributed by atoms with Gasteiger partial charge in [0, 0.05) is 33.5 Å². The molecule has 0 saturated carbocycles. The first-order chi connectivity index (χ1) is 23.2. The van der Waals surface area contributed by atoms with E-state index in [9.17, 15) is 0 Å². The number of fused-ring (bicyclic) bond motifs is 2. The van der Waals surface area contributed by atoms with Crippen molar-refractivity contribution in [2.45, 2.75) is 6.92 Å². The molecule has 0 radical (unpaired) electrons. The number of allylic oxidation sites excluding steroid dienone is 5. The number of para-hydroxylation sites is 2. The molecule has 0 fully saturated rings. The van der Waals surface area contributed by atoms with Gasteiger partial charge in [0.05, 0.1) is 11.4 Å². The summed E-state index contributed by atoms with van der Waals surface area (Å²) >= 11 is 0. The average Bonchev–Trinajstić information content (AvgIpc) is 3.14. The highest BCUT2D eigenvalue weighted by Crippen LogP contribution is 2.39. The topological polar surface area (TPSA) is 6.48 Å². The van der Waals surface area contributed by atoms with Crippen LogP contribution in [-0.4, -0.2) is 0 Å². The number of benzene rings is 7. The molecule has 0 atom stereocenters. The Labute approximate surface area is 277 Å². The Morgan fingerprint density at radius 3 is 1.57 bits per heavy atom. The van der Waals surface area contributed by atoms with E-state index in [1.54, 1.807) is 0 Å². The van der Waals surface area contributed by atoms with Gasteiger partial charge >= 0.3 is 0 Å². The van der Waals surface area contributed by atoms with E-state index in [0.29, 0.717) is 0 Å². The van der Waals surface area contributed by atoms with Crippen LogP contribution in [0.3, 0.4) is 0 Å². The van der Waals surface area contributed by atoms with Crippen LogP contribution in [0.4, 0.5) is 28.4 Å². The van der Waals surface area contributed by atoms with E-state index < -0.39 is 0 Å². The third kappa shape index (κ3) is 6.10. The summed E-state index contributed by atoms with van der Waals surface area (Å²) in [7, 11) is 0. The van der Waals surface area contributed by atoms with Gasteiger partial charge in [-0.2, -0.15) is 0 Å². The lowest BCUT2D eigenvalue weighted by Crippen LogP contribution is -2.14. The Hall–Kier alpha value is -6.12. The van der Waals surface area contributed by atoms with Gasteiger partial charge in [-0.05, 0) is 83.4 Å². The maximum absolute atomic E-state index is 4.18. The Bertz CT molecular complexity index is 2200. The molecule has 2 nitrogen and oxygen atoms in total. The van der Waals surface area contributed by atoms with Crippen molar-refractivity contribution in [3.8, 4) is 0 Å². The zero-order valence-electron chi connectivity index (χ0n) is 26.5. The predicted molar refractivity (Wildman–Crippen MR) is 203 cm³/mol. The van der Waals surface area contributed by atoms with Crippen molar-refractivity contribution in [2.75, 3.05) is 9.80 Å². The third-order valence-corrected chi connectivity index (χ3v) is 8.58. The largest absolute Gasteiger partial charge is 0.314 e. The summed E-state index contributed by atoms with van der Waals surface area (Å²) in [5, 5.41) is 4.86. The molecule has 0 aliphatic carbocycles. The molecule has 7 aromatic rings. The number of anilines is 5. The predicted octanol–water partition coefficient (Wildman–Crippen LogP) is 12.8. The fourth-order valence-electron chi connectivity index (χ4n) is 6.29. The molecule has 0 aliphatic heterocycles. The standard InChI is InChI=1S/C45H36N2/c1-3-35(29-28-34(2)46(39-20-6-4-7-21-39)44-26-14-18-37-16-10-12-24-42(37)44)36-30-32-41(33-31-36)47(40-22-8-5-9-23-40)45-27-15-19-38-17-11-13-25-43(38)45/h3-33H,1H2,2H3/b34-28+,35-29+. The van der Waals surface area contributed by atoms with Crippen molar-refractivity contribution in [1.82, 2.24) is 0 Å². The highest BCUT2D eigenvalue weighted by molar-refractivity contribution is 5.99. The first-order valence-corrected chi connectivity index (χ1v) is 16.0. The maximum atomic E-state index is 4.18. The minimum Gasteiger partial charge on any atom is -0.314 e. The molecule has 7 aromatic carbocycles. The monoisotopic (exact) mass is 604 g/mol. The van der Waals surface area contributed by atoms with Gasteiger partial charge in [-0.15, -0.1) is 0 Å². The highest BCUT2D eigenvalue weighted by atomic mass is 15.1. The highest BCUT2D eigenvalue weighted by Gasteiger charge is 2.16. The number of hydrogen-bond donors (Lipinski definition) is 0. The Kier molecular flexibility index (Phi) is 8.48. The van der Waals surface area contributed by atoms with Crippen molar-refractivity contribution in [2.24, 2.45) is 0 Å². The van der Waals surface area contributed by atoms with Crippen molar-refractivity contribution in [1.29, 1.82) is 0 Å². The molecule has 226 valence electrons. The van der Waals surface area contributed by atoms with Crippen LogP contribution in [0.5, 0.6) is 0 Å². The summed E-state index contributed by atoms with van der Waals surface area (Å²) < 4.78 is 0. The summed E-state index contributed by atoms with van der Waals surface area (Å²) in [6.45, 7) is 6.35. The number of nitrogens with zero attached hydrogens (tertiary/aromatic N) is 2. The molecule has 47 heavy (non-hydrogen) atoms. The molecule has 0 N–H and O–H groups in total. The van der Waals surface area contributed by atoms with Crippen LogP contribution < -0.4 is 9.80 Å². The van der Waals surface area contributed by atoms with Crippen LogP contribution >= 0.6 is 0 Å². The normalized spacial score (nSPS) is 11.9. The Morgan fingerprint density at radius 2 is 0.957 bits per heavy atom. The second kappa shape index (κ2) is 13.5. The lowest BCUT2D eigenvalue weighted by molar-refractivity contribution is 1.16. The van der Waals surface area contributed by atoms with Crippen LogP contribution in [0.2, 0.25) is 0 Å². The maximum Gasteiger partial charge on any atom is 0.0540 e. The van der Waals surface area contributed by atoms with Gasteiger partial charge in [0.15, 0.2) is 0 Å². The van der Waals surface area contributed by atoms with Gasteiger partial charge < -0.3 is 9.80 Å². The third-order valence-electron chi connectivity index (χ3n) is 8.58. The summed E-state index contributed by atoms with van der Waals surface area (Å²) in [4.78, 5) is 4.65. The molecular weight excluding hydrogens is 569 g/mol. The van der Waals surface area contributed by atoms with E-state index in [0.717, 1.165) is 45.3 Å². The van der Waals surface area contributed by atoms with Crippen LogP contribution in [0.25, 0.3) is 27.1 Å². The fraction of sp³-hybridized carbons (Fsp3) is 0.0222. The lowest BCUT2D eigenvalue weighted by Gasteiger charge is -2.27. The molecule has 7 rings (SSSR count). The SMILES string of the molecule is C=C/C(=C\C=C(/C)N(c1ccccc1)c1cccc2ccccc12)c1ccc(N(c2ccccc2)c2cccc3ccccc23)cc1. The summed E-state index contributed by atoms with van der Waals surface area (Å²) in [6, 6.07) is 60.0. The minimum atomic E-state index is 1.05. The zero-order chi connectivity index (χ0) is 32.0. The van der Waals surface area contributed by atoms with Gasteiger partial charge in [-0.3, -0.25) is 0 Å². The quantitative estimate of drug-likeness (QED) is 0.151. The van der Waals surface area contributed by atoms with Gasteiger partial charge in [-0.25, -0.2) is 0 Å². The molecule has 0 saturated heterocycles. The van der Waals surface area contributed by atoms with Crippen molar-refractivity contribution in [3.05, 3.63) is 206 Å². The zero-order valence-corrected chi connectivity index (χ0v) is 26.5. The van der Waals surface area contributed by atoms with Gasteiger partial charge in [0.1, 0.15) is 0 Å². The van der Waals surface area contributed by atoms with E-state index in [2.05, 4.69) is 205 Å². The van der Waals surface area contributed by atoms with Crippen molar-refractivity contribution >= 4 is 55.6 Å².